The van der Waals surface area contributed by atoms with E-state index in [-0.39, 0.29) is 12.3 Å². The highest BCUT2D eigenvalue weighted by molar-refractivity contribution is 5.90. The molecule has 4 heteroatoms. The van der Waals surface area contributed by atoms with Gasteiger partial charge in [-0.15, -0.1) is 0 Å². The summed E-state index contributed by atoms with van der Waals surface area (Å²) in [5, 5.41) is 3.16. The molecular formula is C15H13N2O2+. The minimum absolute atomic E-state index is 0.127. The molecule has 0 saturated carbocycles. The van der Waals surface area contributed by atoms with Crippen LogP contribution >= 0.6 is 0 Å². The van der Waals surface area contributed by atoms with Crippen molar-refractivity contribution in [3.05, 3.63) is 65.1 Å². The Hall–Kier alpha value is -2.49. The van der Waals surface area contributed by atoms with E-state index in [2.05, 4.69) is 5.32 Å². The molecule has 0 amide bonds. The van der Waals surface area contributed by atoms with Crippen LogP contribution in [0.5, 0.6) is 0 Å². The van der Waals surface area contributed by atoms with Gasteiger partial charge in [0.15, 0.2) is 0 Å². The number of nitrogens with one attached hydrogen (secondary N) is 1. The molecule has 0 radical (unpaired) electrons. The van der Waals surface area contributed by atoms with Crippen molar-refractivity contribution < 1.29 is 9.55 Å². The Morgan fingerprint density at radius 3 is 2.47 bits per heavy atom. The summed E-state index contributed by atoms with van der Waals surface area (Å²) in [6.45, 7) is -0.135. The summed E-state index contributed by atoms with van der Waals surface area (Å²) in [5.74, 6) is -0.127. The van der Waals surface area contributed by atoms with E-state index in [9.17, 15) is 9.70 Å². The van der Waals surface area contributed by atoms with Gasteiger partial charge in [0.2, 0.25) is 5.78 Å². The molecule has 4 nitrogen and oxygen atoms in total. The number of rotatable bonds is 1. The molecule has 0 aliphatic carbocycles. The molecule has 3 rings (SSSR count). The first-order valence-electron chi connectivity index (χ1n) is 6.13. The Morgan fingerprint density at radius 2 is 1.68 bits per heavy atom. The number of carbonyl (C=O) groups excluding carboxylic acids is 1. The van der Waals surface area contributed by atoms with Crippen molar-refractivity contribution in [2.75, 3.05) is 11.9 Å². The van der Waals surface area contributed by atoms with Crippen LogP contribution in [0.2, 0.25) is 0 Å². The maximum absolute atomic E-state index is 12.2. The molecule has 1 heterocycles. The molecular weight excluding hydrogens is 240 g/mol. The lowest BCUT2D eigenvalue weighted by Crippen LogP contribution is -2.23. The van der Waals surface area contributed by atoms with Gasteiger partial charge in [-0.2, -0.15) is 0 Å². The lowest BCUT2D eigenvalue weighted by atomic mass is 10.0. The molecule has 0 bridgehead atoms. The van der Waals surface area contributed by atoms with E-state index in [1.807, 2.05) is 42.5 Å². The van der Waals surface area contributed by atoms with Crippen LogP contribution in [-0.2, 0) is 4.79 Å². The normalized spacial score (nSPS) is 18.4. The van der Waals surface area contributed by atoms with Crippen molar-refractivity contribution in [1.29, 1.82) is 0 Å². The zero-order valence-corrected chi connectivity index (χ0v) is 10.2. The van der Waals surface area contributed by atoms with Crippen LogP contribution in [0.15, 0.2) is 54.6 Å². The maximum atomic E-state index is 12.2. The standard InChI is InChI=1S/C15H13N2O2/c18-14-10-17(19)13-9-5-4-8-12(13)16-15(14)11-6-2-1-3-7-11/h1-9,15-16H,10H2/q+1. The highest BCUT2D eigenvalue weighted by Crippen LogP contribution is 2.31. The number of hydrogen-bond acceptors (Lipinski definition) is 3. The second-order valence-corrected chi connectivity index (χ2v) is 4.51. The van der Waals surface area contributed by atoms with Gasteiger partial charge in [0, 0.05) is 15.7 Å². The van der Waals surface area contributed by atoms with Gasteiger partial charge < -0.3 is 5.32 Å². The monoisotopic (exact) mass is 253 g/mol. The zero-order valence-electron chi connectivity index (χ0n) is 10.2. The van der Waals surface area contributed by atoms with Gasteiger partial charge in [-0.05, 0) is 11.6 Å². The van der Waals surface area contributed by atoms with E-state index in [1.54, 1.807) is 12.1 Å². The third-order valence-corrected chi connectivity index (χ3v) is 3.23. The average Bonchev–Trinajstić information content (AvgIpc) is 2.57. The van der Waals surface area contributed by atoms with Crippen LogP contribution in [-0.4, -0.2) is 17.1 Å². The first kappa shape index (κ1) is 11.6. The number of carbonyl (C=O) groups is 1. The van der Waals surface area contributed by atoms with E-state index in [4.69, 9.17) is 0 Å². The summed E-state index contributed by atoms with van der Waals surface area (Å²) in [5.41, 5.74) is 2.07. The fraction of sp³-hybridized carbons (Fsp3) is 0.133. The van der Waals surface area contributed by atoms with Gasteiger partial charge >= 0.3 is 0 Å². The van der Waals surface area contributed by atoms with Crippen LogP contribution in [0.3, 0.4) is 0 Å². The first-order valence-corrected chi connectivity index (χ1v) is 6.13. The molecule has 2 aromatic rings. The second kappa shape index (κ2) is 4.65. The molecule has 94 valence electrons. The van der Waals surface area contributed by atoms with Gasteiger partial charge in [-0.1, -0.05) is 42.5 Å². The fourth-order valence-corrected chi connectivity index (χ4v) is 2.28. The molecule has 1 atom stereocenters. The summed E-state index contributed by atoms with van der Waals surface area (Å²) < 4.78 is 0.744. The van der Waals surface area contributed by atoms with Crippen molar-refractivity contribution in [3.63, 3.8) is 0 Å². The SMILES string of the molecule is O=C1C[N+](=O)c2ccccc2NC1c1ccccc1. The molecule has 1 aliphatic rings. The lowest BCUT2D eigenvalue weighted by molar-refractivity contribution is -0.449. The van der Waals surface area contributed by atoms with Crippen LogP contribution in [0.4, 0.5) is 11.4 Å². The van der Waals surface area contributed by atoms with Gasteiger partial charge in [0.05, 0.1) is 0 Å². The van der Waals surface area contributed by atoms with Crippen molar-refractivity contribution in [1.82, 2.24) is 0 Å². The highest BCUT2D eigenvalue weighted by atomic mass is 16.3. The molecule has 1 aliphatic heterocycles. The zero-order chi connectivity index (χ0) is 13.2. The number of benzene rings is 2. The summed E-state index contributed by atoms with van der Waals surface area (Å²) in [6.07, 6.45) is 0. The van der Waals surface area contributed by atoms with Crippen LogP contribution < -0.4 is 5.32 Å². The summed E-state index contributed by atoms with van der Waals surface area (Å²) in [4.78, 5) is 24.1. The largest absolute Gasteiger partial charge is 0.366 e. The minimum atomic E-state index is -0.471. The molecule has 1 unspecified atom stereocenters. The van der Waals surface area contributed by atoms with Crippen molar-refractivity contribution >= 4 is 17.2 Å². The van der Waals surface area contributed by atoms with Crippen molar-refractivity contribution in [2.24, 2.45) is 0 Å². The van der Waals surface area contributed by atoms with E-state index >= 15 is 0 Å². The molecule has 0 aromatic heterocycles. The van der Waals surface area contributed by atoms with Gasteiger partial charge in [0.1, 0.15) is 11.7 Å². The molecule has 0 saturated heterocycles. The lowest BCUT2D eigenvalue weighted by Gasteiger charge is -2.14. The number of anilines is 1. The third-order valence-electron chi connectivity index (χ3n) is 3.23. The smallest absolute Gasteiger partial charge is 0.279 e. The van der Waals surface area contributed by atoms with Gasteiger partial charge in [0.25, 0.3) is 12.2 Å². The fourth-order valence-electron chi connectivity index (χ4n) is 2.28. The van der Waals surface area contributed by atoms with Gasteiger partial charge in [-0.3, -0.25) is 4.79 Å². The number of para-hydroxylation sites is 2. The average molecular weight is 253 g/mol. The van der Waals surface area contributed by atoms with Crippen LogP contribution in [0.25, 0.3) is 0 Å². The summed E-state index contributed by atoms with van der Waals surface area (Å²) >= 11 is 0. The molecule has 1 N–H and O–H groups in total. The van der Waals surface area contributed by atoms with Crippen LogP contribution in [0.1, 0.15) is 11.6 Å². The Morgan fingerprint density at radius 1 is 1.00 bits per heavy atom. The number of nitrogens with zero attached hydrogens (tertiary/aromatic N) is 1. The van der Waals surface area contributed by atoms with E-state index in [0.29, 0.717) is 11.4 Å². The number of hydrogen-bond donors (Lipinski definition) is 1. The Bertz CT molecular complexity index is 638. The number of Topliss-reactive ketones (excluding diaryl/α,β-unsaturated/α-hetero) is 1. The number of fused-ring (bicyclic) bond motifs is 1. The van der Waals surface area contributed by atoms with Gasteiger partial charge in [-0.25, -0.2) is 0 Å². The number of nitroso groups, excluding NO2 is 1. The Balaban J connectivity index is 2.05. The highest BCUT2D eigenvalue weighted by Gasteiger charge is 2.34. The summed E-state index contributed by atoms with van der Waals surface area (Å²) in [6, 6.07) is 16.1. The van der Waals surface area contributed by atoms with E-state index in [0.717, 1.165) is 10.3 Å². The topological polar surface area (TPSA) is 49.2 Å². The second-order valence-electron chi connectivity index (χ2n) is 4.51. The van der Waals surface area contributed by atoms with E-state index < -0.39 is 6.04 Å². The molecule has 0 spiro atoms. The minimum Gasteiger partial charge on any atom is -0.366 e. The van der Waals surface area contributed by atoms with Crippen LogP contribution in [0, 0.1) is 4.91 Å². The molecule has 2 aromatic carbocycles. The number of ketones is 1. The third kappa shape index (κ3) is 2.12. The molecule has 19 heavy (non-hydrogen) atoms. The first-order chi connectivity index (χ1) is 9.25. The maximum Gasteiger partial charge on any atom is 0.279 e. The van der Waals surface area contributed by atoms with E-state index in [1.165, 1.54) is 0 Å². The summed E-state index contributed by atoms with van der Waals surface area (Å²) in [7, 11) is 0. The Kier molecular flexibility index (Phi) is 2.83. The molecule has 0 fully saturated rings. The van der Waals surface area contributed by atoms with Crippen molar-refractivity contribution in [2.45, 2.75) is 6.04 Å². The Labute approximate surface area is 110 Å². The quantitative estimate of drug-likeness (QED) is 0.795. The predicted molar refractivity (Wildman–Crippen MR) is 72.4 cm³/mol. The predicted octanol–water partition coefficient (Wildman–Crippen LogP) is 2.83. The van der Waals surface area contributed by atoms with Crippen molar-refractivity contribution in [3.8, 4) is 0 Å².